The van der Waals surface area contributed by atoms with Gasteiger partial charge in [-0.2, -0.15) is 0 Å². The number of furan rings is 1. The lowest BCUT2D eigenvalue weighted by Gasteiger charge is -2.35. The lowest BCUT2D eigenvalue weighted by Crippen LogP contribution is -2.42. The summed E-state index contributed by atoms with van der Waals surface area (Å²) in [5.41, 5.74) is 1.68. The Morgan fingerprint density at radius 1 is 1.11 bits per heavy atom. The molecule has 7 heteroatoms. The number of likely N-dealkylation sites (tertiary alicyclic amines) is 1. The highest BCUT2D eigenvalue weighted by Gasteiger charge is 2.26. The number of amides is 2. The smallest absolute Gasteiger partial charge is 0.338 e. The second-order valence-electron chi connectivity index (χ2n) is 7.64. The first-order chi connectivity index (χ1) is 13.2. The van der Waals surface area contributed by atoms with Crippen LogP contribution in [0.3, 0.4) is 0 Å². The van der Waals surface area contributed by atoms with Gasteiger partial charge in [-0.15, -0.1) is 0 Å². The fourth-order valence-electron chi connectivity index (χ4n) is 3.65. The molecule has 0 saturated carbocycles. The number of carboxylic acids is 1. The van der Waals surface area contributed by atoms with E-state index in [9.17, 15) is 14.4 Å². The monoisotopic (exact) mass is 384 g/mol. The van der Waals surface area contributed by atoms with E-state index in [-0.39, 0.29) is 17.2 Å². The second-order valence-corrected chi connectivity index (χ2v) is 7.64. The van der Waals surface area contributed by atoms with Crippen LogP contribution < -0.4 is 5.32 Å². The fraction of sp³-hybridized carbons (Fsp3) is 0.381. The minimum absolute atomic E-state index is 0.0555. The molecule has 0 bridgehead atoms. The van der Waals surface area contributed by atoms with Crippen LogP contribution in [0.5, 0.6) is 0 Å². The van der Waals surface area contributed by atoms with Crippen molar-refractivity contribution in [3.8, 4) is 0 Å². The van der Waals surface area contributed by atoms with Crippen LogP contribution in [0.4, 0.5) is 5.69 Å². The third-order valence-electron chi connectivity index (χ3n) is 4.96. The highest BCUT2D eigenvalue weighted by atomic mass is 16.4. The van der Waals surface area contributed by atoms with E-state index in [0.29, 0.717) is 23.1 Å². The van der Waals surface area contributed by atoms with Crippen molar-refractivity contribution in [3.05, 3.63) is 53.0 Å². The Morgan fingerprint density at radius 2 is 1.79 bits per heavy atom. The maximum atomic E-state index is 12.9. The predicted octanol–water partition coefficient (Wildman–Crippen LogP) is 3.66. The van der Waals surface area contributed by atoms with Gasteiger partial charge in [0.2, 0.25) is 0 Å². The van der Waals surface area contributed by atoms with Gasteiger partial charge in [-0.05, 0) is 42.9 Å². The highest BCUT2D eigenvalue weighted by Crippen LogP contribution is 2.24. The molecule has 28 heavy (non-hydrogen) atoms. The number of hydrogen-bond acceptors (Lipinski definition) is 4. The summed E-state index contributed by atoms with van der Waals surface area (Å²) in [6.45, 7) is 7.56. The Balaban J connectivity index is 1.78. The van der Waals surface area contributed by atoms with Gasteiger partial charge in [0.1, 0.15) is 6.26 Å². The number of rotatable bonds is 4. The Kier molecular flexibility index (Phi) is 5.53. The third kappa shape index (κ3) is 4.24. The van der Waals surface area contributed by atoms with Crippen LogP contribution in [0, 0.1) is 18.8 Å². The molecule has 2 aromatic rings. The van der Waals surface area contributed by atoms with Gasteiger partial charge in [-0.25, -0.2) is 4.79 Å². The summed E-state index contributed by atoms with van der Waals surface area (Å²) in [6.07, 6.45) is 2.13. The average molecular weight is 384 g/mol. The quantitative estimate of drug-likeness (QED) is 0.838. The van der Waals surface area contributed by atoms with Crippen LogP contribution in [0.25, 0.3) is 0 Å². The number of benzene rings is 1. The zero-order valence-electron chi connectivity index (χ0n) is 16.2. The number of hydrogen-bond donors (Lipinski definition) is 2. The van der Waals surface area contributed by atoms with E-state index in [2.05, 4.69) is 19.2 Å². The van der Waals surface area contributed by atoms with Crippen LogP contribution >= 0.6 is 0 Å². The van der Waals surface area contributed by atoms with Crippen LogP contribution in [-0.2, 0) is 0 Å². The summed E-state index contributed by atoms with van der Waals surface area (Å²) >= 11 is 0. The molecule has 1 fully saturated rings. The largest absolute Gasteiger partial charge is 0.478 e. The molecule has 2 unspecified atom stereocenters. The predicted molar refractivity (Wildman–Crippen MR) is 104 cm³/mol. The molecule has 2 N–H and O–H groups in total. The number of nitrogens with zero attached hydrogens (tertiary/aromatic N) is 1. The van der Waals surface area contributed by atoms with Crippen LogP contribution in [-0.4, -0.2) is 40.9 Å². The van der Waals surface area contributed by atoms with E-state index in [1.807, 2.05) is 11.8 Å². The van der Waals surface area contributed by atoms with Gasteiger partial charge in [0, 0.05) is 30.4 Å². The molecular weight excluding hydrogens is 360 g/mol. The molecule has 1 aromatic carbocycles. The van der Waals surface area contributed by atoms with Gasteiger partial charge in [0.05, 0.1) is 5.56 Å². The van der Waals surface area contributed by atoms with E-state index in [4.69, 9.17) is 9.52 Å². The van der Waals surface area contributed by atoms with Gasteiger partial charge in [-0.3, -0.25) is 9.59 Å². The van der Waals surface area contributed by atoms with Crippen molar-refractivity contribution < 1.29 is 23.9 Å². The summed E-state index contributed by atoms with van der Waals surface area (Å²) in [6, 6.07) is 6.36. The van der Waals surface area contributed by atoms with Crippen molar-refractivity contribution in [1.29, 1.82) is 0 Å². The molecule has 1 aromatic heterocycles. The van der Waals surface area contributed by atoms with Gasteiger partial charge < -0.3 is 19.7 Å². The highest BCUT2D eigenvalue weighted by molar-refractivity contribution is 6.05. The molecule has 0 spiro atoms. The standard InChI is InChI=1S/C21H24N2O5/c1-12-6-13(2)10-23(9-12)20(25)15-5-4-14(3)17(7-15)22-19(24)18-8-16(11-28-18)21(26)27/h4-5,7-8,11-13H,6,9-10H2,1-3H3,(H,22,24)(H,26,27). The first-order valence-electron chi connectivity index (χ1n) is 9.27. The second kappa shape index (κ2) is 7.88. The Bertz CT molecular complexity index is 907. The average Bonchev–Trinajstić information content (AvgIpc) is 3.13. The van der Waals surface area contributed by atoms with Gasteiger partial charge in [-0.1, -0.05) is 19.9 Å². The number of nitrogens with one attached hydrogen (secondary N) is 1. The molecular formula is C21H24N2O5. The van der Waals surface area contributed by atoms with Gasteiger partial charge in [0.25, 0.3) is 11.8 Å². The van der Waals surface area contributed by atoms with E-state index < -0.39 is 11.9 Å². The Hall–Kier alpha value is -3.09. The first-order valence-corrected chi connectivity index (χ1v) is 9.27. The maximum absolute atomic E-state index is 12.9. The normalized spacial score (nSPS) is 19.3. The summed E-state index contributed by atoms with van der Waals surface area (Å²) in [5, 5.41) is 11.6. The summed E-state index contributed by atoms with van der Waals surface area (Å²) in [7, 11) is 0. The molecule has 2 atom stereocenters. The third-order valence-corrected chi connectivity index (χ3v) is 4.96. The van der Waals surface area contributed by atoms with Gasteiger partial charge in [0.15, 0.2) is 5.76 Å². The number of piperidine rings is 1. The van der Waals surface area contributed by atoms with Crippen LogP contribution in [0.1, 0.15) is 57.1 Å². The van der Waals surface area contributed by atoms with Crippen molar-refractivity contribution in [3.63, 3.8) is 0 Å². The Morgan fingerprint density at radius 3 is 2.39 bits per heavy atom. The molecule has 7 nitrogen and oxygen atoms in total. The number of carboxylic acid groups (broad SMARTS) is 1. The summed E-state index contributed by atoms with van der Waals surface area (Å²) in [5.74, 6) is -0.983. The van der Waals surface area contributed by atoms with Crippen molar-refractivity contribution in [2.75, 3.05) is 18.4 Å². The Labute approximate surface area is 163 Å². The molecule has 2 amide bonds. The fourth-order valence-corrected chi connectivity index (χ4v) is 3.65. The maximum Gasteiger partial charge on any atom is 0.338 e. The molecule has 2 heterocycles. The van der Waals surface area contributed by atoms with E-state index in [1.165, 1.54) is 6.07 Å². The molecule has 1 aliphatic rings. The van der Waals surface area contributed by atoms with Crippen molar-refractivity contribution in [2.45, 2.75) is 27.2 Å². The lowest BCUT2D eigenvalue weighted by atomic mass is 9.91. The lowest BCUT2D eigenvalue weighted by molar-refractivity contribution is 0.0622. The number of aryl methyl sites for hydroxylation is 1. The van der Waals surface area contributed by atoms with Crippen molar-refractivity contribution in [2.24, 2.45) is 11.8 Å². The molecule has 1 aliphatic heterocycles. The molecule has 3 rings (SSSR count). The number of anilines is 1. The number of carbonyl (C=O) groups is 3. The molecule has 0 aliphatic carbocycles. The minimum atomic E-state index is -1.17. The van der Waals surface area contributed by atoms with E-state index in [1.54, 1.807) is 18.2 Å². The molecule has 0 radical (unpaired) electrons. The summed E-state index contributed by atoms with van der Waals surface area (Å²) in [4.78, 5) is 38.1. The van der Waals surface area contributed by atoms with Crippen molar-refractivity contribution >= 4 is 23.5 Å². The minimum Gasteiger partial charge on any atom is -0.478 e. The van der Waals surface area contributed by atoms with E-state index in [0.717, 1.165) is 31.3 Å². The van der Waals surface area contributed by atoms with Crippen LogP contribution in [0.2, 0.25) is 0 Å². The molecule has 148 valence electrons. The first kappa shape index (κ1) is 19.7. The zero-order valence-corrected chi connectivity index (χ0v) is 16.2. The zero-order chi connectivity index (χ0) is 20.4. The van der Waals surface area contributed by atoms with Crippen molar-refractivity contribution in [1.82, 2.24) is 4.90 Å². The molecule has 1 saturated heterocycles. The summed E-state index contributed by atoms with van der Waals surface area (Å²) < 4.78 is 5.03. The SMILES string of the molecule is Cc1ccc(C(=O)N2CC(C)CC(C)C2)cc1NC(=O)c1cc(C(=O)O)co1. The van der Waals surface area contributed by atoms with Gasteiger partial charge >= 0.3 is 5.97 Å². The van der Waals surface area contributed by atoms with Crippen LogP contribution in [0.15, 0.2) is 34.9 Å². The topological polar surface area (TPSA) is 99.9 Å². The van der Waals surface area contributed by atoms with E-state index >= 15 is 0 Å². The number of aromatic carboxylic acids is 1. The number of carbonyl (C=O) groups excluding carboxylic acids is 2.